The normalized spacial score (nSPS) is 22.3. The van der Waals surface area contributed by atoms with E-state index in [1.165, 1.54) is 0 Å². The Labute approximate surface area is 187 Å². The molecule has 11 heteroatoms. The topological polar surface area (TPSA) is 119 Å². The van der Waals surface area contributed by atoms with Crippen molar-refractivity contribution in [3.63, 3.8) is 0 Å². The Morgan fingerprint density at radius 2 is 1.81 bits per heavy atom. The fourth-order valence-corrected chi connectivity index (χ4v) is 4.38. The lowest BCUT2D eigenvalue weighted by molar-refractivity contribution is -0.138. The molecular formula is C21H20ClF3N4O3. The van der Waals surface area contributed by atoms with Gasteiger partial charge in [-0.3, -0.25) is 14.4 Å². The van der Waals surface area contributed by atoms with Gasteiger partial charge in [0.2, 0.25) is 17.7 Å². The molecule has 0 radical (unpaired) electrons. The van der Waals surface area contributed by atoms with E-state index < -0.39 is 53.2 Å². The Hall–Kier alpha value is -3.11. The molecule has 0 bridgehead atoms. The van der Waals surface area contributed by atoms with E-state index in [4.69, 9.17) is 11.5 Å². The molecule has 170 valence electrons. The highest BCUT2D eigenvalue weighted by Crippen LogP contribution is 2.46. The maximum atomic E-state index is 14.0. The van der Waals surface area contributed by atoms with Crippen LogP contribution in [-0.2, 0) is 26.2 Å². The highest BCUT2D eigenvalue weighted by atomic mass is 35.5. The number of rotatable bonds is 4. The molecule has 2 aromatic carbocycles. The second kappa shape index (κ2) is 8.44. The van der Waals surface area contributed by atoms with Crippen molar-refractivity contribution in [1.82, 2.24) is 4.90 Å². The largest absolute Gasteiger partial charge is 0.368 e. The second-order valence-corrected chi connectivity index (χ2v) is 7.84. The minimum absolute atomic E-state index is 0. The average molecular weight is 469 g/mol. The van der Waals surface area contributed by atoms with E-state index in [-0.39, 0.29) is 36.8 Å². The summed E-state index contributed by atoms with van der Waals surface area (Å²) in [5.74, 6) is -5.60. The van der Waals surface area contributed by atoms with Crippen molar-refractivity contribution in [2.24, 2.45) is 11.5 Å². The number of carbonyl (C=O) groups is 3. The maximum Gasteiger partial charge on any atom is 0.240 e. The molecule has 2 aliphatic rings. The van der Waals surface area contributed by atoms with E-state index in [0.29, 0.717) is 23.4 Å². The Morgan fingerprint density at radius 3 is 2.50 bits per heavy atom. The van der Waals surface area contributed by atoms with E-state index in [2.05, 4.69) is 5.32 Å². The Balaban J connectivity index is 0.00000289. The number of primary amides is 1. The van der Waals surface area contributed by atoms with E-state index in [1.54, 1.807) is 24.3 Å². The van der Waals surface area contributed by atoms with Gasteiger partial charge in [0, 0.05) is 18.3 Å². The molecule has 2 aliphatic heterocycles. The highest BCUT2D eigenvalue weighted by molar-refractivity contribution is 6.08. The number of likely N-dealkylation sites (tertiary alicyclic amines) is 1. The summed E-state index contributed by atoms with van der Waals surface area (Å²) in [5, 5.41) is 2.75. The zero-order valence-corrected chi connectivity index (χ0v) is 17.4. The standard InChI is InChI=1S/C21H19F3N4O3.ClH/c22-12-7-14(24)13(23)5-10(12)6-15(25)19(30)28-9-21(8-17(28)18(26)29)11-3-1-2-4-16(11)27-20(21)31;/h1-5,7,15,17H,6,8-9,25H2,(H2,26,29)(H,27,31);1H/t15-,17-,21-;/m0./s1. The number of carbonyl (C=O) groups excluding carboxylic acids is 3. The van der Waals surface area contributed by atoms with Crippen molar-refractivity contribution in [2.75, 3.05) is 11.9 Å². The summed E-state index contributed by atoms with van der Waals surface area (Å²) in [7, 11) is 0. The predicted octanol–water partition coefficient (Wildman–Crippen LogP) is 1.37. The summed E-state index contributed by atoms with van der Waals surface area (Å²) in [6.07, 6.45) is -0.456. The number of fused-ring (bicyclic) bond motifs is 2. The Morgan fingerprint density at radius 1 is 1.16 bits per heavy atom. The third-order valence-corrected chi connectivity index (χ3v) is 5.94. The number of nitrogens with zero attached hydrogens (tertiary/aromatic N) is 1. The van der Waals surface area contributed by atoms with Gasteiger partial charge in [-0.15, -0.1) is 12.4 Å². The molecule has 3 amide bonds. The van der Waals surface area contributed by atoms with Crippen LogP contribution in [0.4, 0.5) is 18.9 Å². The summed E-state index contributed by atoms with van der Waals surface area (Å²) in [4.78, 5) is 39.1. The monoisotopic (exact) mass is 468 g/mol. The fourth-order valence-electron chi connectivity index (χ4n) is 4.38. The molecular weight excluding hydrogens is 449 g/mol. The molecule has 0 unspecified atom stereocenters. The third kappa shape index (κ3) is 3.69. The van der Waals surface area contributed by atoms with Gasteiger partial charge in [-0.1, -0.05) is 18.2 Å². The summed E-state index contributed by atoms with van der Waals surface area (Å²) >= 11 is 0. The highest BCUT2D eigenvalue weighted by Gasteiger charge is 2.57. The van der Waals surface area contributed by atoms with Crippen LogP contribution in [0.1, 0.15) is 17.5 Å². The van der Waals surface area contributed by atoms with Crippen molar-refractivity contribution < 1.29 is 27.6 Å². The molecule has 5 N–H and O–H groups in total. The fraction of sp³-hybridized carbons (Fsp3) is 0.286. The zero-order valence-electron chi connectivity index (χ0n) is 16.6. The molecule has 7 nitrogen and oxygen atoms in total. The van der Waals surface area contributed by atoms with Gasteiger partial charge in [-0.2, -0.15) is 0 Å². The van der Waals surface area contributed by atoms with Gasteiger partial charge >= 0.3 is 0 Å². The van der Waals surface area contributed by atoms with Crippen molar-refractivity contribution >= 4 is 35.8 Å². The molecule has 4 rings (SSSR count). The number of hydrogen-bond acceptors (Lipinski definition) is 4. The smallest absolute Gasteiger partial charge is 0.240 e. The lowest BCUT2D eigenvalue weighted by Crippen LogP contribution is -2.51. The molecule has 1 fully saturated rings. The van der Waals surface area contributed by atoms with Crippen LogP contribution >= 0.6 is 12.4 Å². The van der Waals surface area contributed by atoms with Gasteiger partial charge in [0.15, 0.2) is 11.6 Å². The summed E-state index contributed by atoms with van der Waals surface area (Å²) in [5.41, 5.74) is 11.2. The molecule has 3 atom stereocenters. The van der Waals surface area contributed by atoms with Crippen molar-refractivity contribution in [1.29, 1.82) is 0 Å². The number of nitrogens with one attached hydrogen (secondary N) is 1. The molecule has 1 spiro atoms. The number of benzene rings is 2. The first-order valence-corrected chi connectivity index (χ1v) is 9.54. The predicted molar refractivity (Wildman–Crippen MR) is 111 cm³/mol. The first-order chi connectivity index (χ1) is 14.6. The Bertz CT molecular complexity index is 1120. The maximum absolute atomic E-state index is 14.0. The minimum atomic E-state index is -1.36. The average Bonchev–Trinajstić information content (AvgIpc) is 3.25. The van der Waals surface area contributed by atoms with Crippen LogP contribution in [0.3, 0.4) is 0 Å². The molecule has 1 saturated heterocycles. The number of para-hydroxylation sites is 1. The van der Waals surface area contributed by atoms with E-state index in [9.17, 15) is 27.6 Å². The summed E-state index contributed by atoms with van der Waals surface area (Å²) < 4.78 is 40.6. The number of nitrogens with two attached hydrogens (primary N) is 2. The second-order valence-electron chi connectivity index (χ2n) is 7.84. The summed E-state index contributed by atoms with van der Waals surface area (Å²) in [6, 6.07) is 5.46. The zero-order chi connectivity index (χ0) is 22.5. The molecule has 0 saturated carbocycles. The number of amides is 3. The Kier molecular flexibility index (Phi) is 6.21. The summed E-state index contributed by atoms with van der Waals surface area (Å²) in [6.45, 7) is -0.143. The van der Waals surface area contributed by atoms with E-state index >= 15 is 0 Å². The number of halogens is 4. The molecule has 0 aliphatic carbocycles. The van der Waals surface area contributed by atoms with E-state index in [1.807, 2.05) is 0 Å². The van der Waals surface area contributed by atoms with Gasteiger partial charge in [0.05, 0.1) is 11.5 Å². The van der Waals surface area contributed by atoms with Crippen molar-refractivity contribution in [3.05, 3.63) is 65.0 Å². The molecule has 0 aromatic heterocycles. The van der Waals surface area contributed by atoms with Gasteiger partial charge in [-0.05, 0) is 36.1 Å². The molecule has 2 aromatic rings. The minimum Gasteiger partial charge on any atom is -0.368 e. The van der Waals surface area contributed by atoms with Crippen LogP contribution in [0.15, 0.2) is 36.4 Å². The lowest BCUT2D eigenvalue weighted by atomic mass is 9.79. The number of hydrogen-bond donors (Lipinski definition) is 3. The lowest BCUT2D eigenvalue weighted by Gasteiger charge is -2.26. The first-order valence-electron chi connectivity index (χ1n) is 9.54. The van der Waals surface area contributed by atoms with Crippen molar-refractivity contribution in [3.8, 4) is 0 Å². The van der Waals surface area contributed by atoms with Crippen LogP contribution in [0.5, 0.6) is 0 Å². The first kappa shape index (κ1) is 23.6. The number of anilines is 1. The van der Waals surface area contributed by atoms with Crippen LogP contribution in [-0.4, -0.2) is 41.2 Å². The quantitative estimate of drug-likeness (QED) is 0.587. The SMILES string of the molecule is Cl.NC(=O)[C@@H]1C[C@@]2(CN1C(=O)[C@@H](N)Cc1cc(F)c(F)cc1F)C(=O)Nc1ccccc12. The van der Waals surface area contributed by atoms with Gasteiger partial charge in [-0.25, -0.2) is 13.2 Å². The molecule has 32 heavy (non-hydrogen) atoms. The van der Waals surface area contributed by atoms with E-state index in [0.717, 1.165) is 4.90 Å². The third-order valence-electron chi connectivity index (χ3n) is 5.94. The van der Waals surface area contributed by atoms with Gasteiger partial charge < -0.3 is 21.7 Å². The molecule has 2 heterocycles. The van der Waals surface area contributed by atoms with Gasteiger partial charge in [0.1, 0.15) is 11.9 Å². The van der Waals surface area contributed by atoms with Crippen LogP contribution in [0.25, 0.3) is 0 Å². The van der Waals surface area contributed by atoms with Crippen LogP contribution in [0.2, 0.25) is 0 Å². The van der Waals surface area contributed by atoms with Gasteiger partial charge in [0.25, 0.3) is 0 Å². The van der Waals surface area contributed by atoms with Crippen LogP contribution < -0.4 is 16.8 Å². The van der Waals surface area contributed by atoms with Crippen LogP contribution in [0, 0.1) is 17.5 Å². The van der Waals surface area contributed by atoms with Crippen molar-refractivity contribution in [2.45, 2.75) is 30.3 Å².